The van der Waals surface area contributed by atoms with E-state index in [-0.39, 0.29) is 42.3 Å². The van der Waals surface area contributed by atoms with Crippen LogP contribution in [0.25, 0.3) is 11.1 Å². The van der Waals surface area contributed by atoms with E-state index in [1.165, 1.54) is 12.1 Å². The number of halogens is 4. The normalized spacial score (nSPS) is 17.3. The maximum absolute atomic E-state index is 15.1. The molecule has 0 atom stereocenters. The zero-order chi connectivity index (χ0) is 27.1. The predicted molar refractivity (Wildman–Crippen MR) is 139 cm³/mol. The molecule has 0 amide bonds. The smallest absolute Gasteiger partial charge is 0.204 e. The van der Waals surface area contributed by atoms with Gasteiger partial charge in [0.15, 0.2) is 23.1 Å². The van der Waals surface area contributed by atoms with E-state index in [2.05, 4.69) is 6.58 Å². The van der Waals surface area contributed by atoms with Crippen molar-refractivity contribution < 1.29 is 31.8 Å². The van der Waals surface area contributed by atoms with Crippen LogP contribution in [0.5, 0.6) is 11.5 Å². The standard InChI is InChI=1S/C31H32F4O3/c1-3-5-18-37-26-16-17-27(31(35)30(26)34)38-19-20-6-8-21(9-7-20)24-14-15-25(29(33)28(24)32)22-10-12-23(13-11-22)36-4-2/h3,6-9,14-17,22-23H,1,4-5,10-13,18-19H2,2H3. The second kappa shape index (κ2) is 13.0. The Kier molecular flexibility index (Phi) is 9.45. The number of rotatable bonds is 11. The average Bonchev–Trinajstić information content (AvgIpc) is 2.93. The molecule has 0 aromatic heterocycles. The molecule has 0 heterocycles. The molecular weight excluding hydrogens is 496 g/mol. The lowest BCUT2D eigenvalue weighted by atomic mass is 9.82. The molecule has 3 aromatic carbocycles. The van der Waals surface area contributed by atoms with E-state index in [1.807, 2.05) is 6.92 Å². The summed E-state index contributed by atoms with van der Waals surface area (Å²) >= 11 is 0. The SMILES string of the molecule is C=CCCOc1ccc(OCc2ccc(-c3ccc(C4CCC(OCC)CC4)c(F)c3F)cc2)c(F)c1F. The lowest BCUT2D eigenvalue weighted by Crippen LogP contribution is -2.21. The molecule has 3 nitrogen and oxygen atoms in total. The number of hydrogen-bond donors (Lipinski definition) is 0. The van der Waals surface area contributed by atoms with Crippen LogP contribution in [0.4, 0.5) is 17.6 Å². The zero-order valence-electron chi connectivity index (χ0n) is 21.5. The maximum Gasteiger partial charge on any atom is 0.204 e. The van der Waals surface area contributed by atoms with Crippen molar-refractivity contribution in [1.82, 2.24) is 0 Å². The van der Waals surface area contributed by atoms with Crippen LogP contribution in [0.1, 0.15) is 56.1 Å². The van der Waals surface area contributed by atoms with Gasteiger partial charge in [-0.1, -0.05) is 42.5 Å². The number of ether oxygens (including phenoxy) is 3. The zero-order valence-corrected chi connectivity index (χ0v) is 21.5. The Bertz CT molecular complexity index is 1230. The van der Waals surface area contributed by atoms with Crippen LogP contribution in [0, 0.1) is 23.3 Å². The van der Waals surface area contributed by atoms with Gasteiger partial charge in [0.05, 0.1) is 12.7 Å². The molecule has 4 rings (SSSR count). The highest BCUT2D eigenvalue weighted by Gasteiger charge is 2.26. The van der Waals surface area contributed by atoms with E-state index in [0.29, 0.717) is 29.7 Å². The fourth-order valence-electron chi connectivity index (χ4n) is 4.81. The van der Waals surface area contributed by atoms with Gasteiger partial charge in [0.2, 0.25) is 11.6 Å². The van der Waals surface area contributed by atoms with Crippen molar-refractivity contribution in [2.75, 3.05) is 13.2 Å². The van der Waals surface area contributed by atoms with Gasteiger partial charge in [-0.25, -0.2) is 8.78 Å². The Morgan fingerprint density at radius 2 is 1.45 bits per heavy atom. The van der Waals surface area contributed by atoms with E-state index in [9.17, 15) is 8.78 Å². The van der Waals surface area contributed by atoms with E-state index >= 15 is 8.78 Å². The first-order chi connectivity index (χ1) is 18.4. The molecular formula is C31H32F4O3. The molecule has 0 radical (unpaired) electrons. The number of hydrogen-bond acceptors (Lipinski definition) is 3. The van der Waals surface area contributed by atoms with Gasteiger partial charge in [0.1, 0.15) is 6.61 Å². The van der Waals surface area contributed by atoms with Gasteiger partial charge in [0, 0.05) is 12.2 Å². The van der Waals surface area contributed by atoms with Crippen LogP contribution in [0.3, 0.4) is 0 Å². The Hall–Kier alpha value is -3.32. The van der Waals surface area contributed by atoms with Crippen LogP contribution in [0.2, 0.25) is 0 Å². The van der Waals surface area contributed by atoms with E-state index in [0.717, 1.165) is 25.7 Å². The molecule has 0 bridgehead atoms. The summed E-state index contributed by atoms with van der Waals surface area (Å²) in [5.74, 6) is -4.39. The predicted octanol–water partition coefficient (Wildman–Crippen LogP) is 8.51. The monoisotopic (exact) mass is 528 g/mol. The third-order valence-corrected chi connectivity index (χ3v) is 6.88. The van der Waals surface area contributed by atoms with Gasteiger partial charge in [-0.2, -0.15) is 8.78 Å². The molecule has 3 aromatic rings. The fraction of sp³-hybridized carbons (Fsp3) is 0.355. The van der Waals surface area contributed by atoms with Crippen molar-refractivity contribution in [2.24, 2.45) is 0 Å². The third-order valence-electron chi connectivity index (χ3n) is 6.88. The molecule has 0 spiro atoms. The largest absolute Gasteiger partial charge is 0.490 e. The van der Waals surface area contributed by atoms with Gasteiger partial charge in [-0.15, -0.1) is 6.58 Å². The molecule has 7 heteroatoms. The van der Waals surface area contributed by atoms with Gasteiger partial charge in [-0.3, -0.25) is 0 Å². The quantitative estimate of drug-likeness (QED) is 0.142. The Balaban J connectivity index is 1.40. The van der Waals surface area contributed by atoms with Gasteiger partial charge < -0.3 is 14.2 Å². The van der Waals surface area contributed by atoms with Gasteiger partial charge >= 0.3 is 0 Å². The van der Waals surface area contributed by atoms with Crippen LogP contribution >= 0.6 is 0 Å². The molecule has 0 unspecified atom stereocenters. The van der Waals surface area contributed by atoms with E-state index < -0.39 is 23.3 Å². The van der Waals surface area contributed by atoms with Crippen molar-refractivity contribution in [1.29, 1.82) is 0 Å². The molecule has 0 saturated heterocycles. The highest BCUT2D eigenvalue weighted by atomic mass is 19.2. The molecule has 1 saturated carbocycles. The van der Waals surface area contributed by atoms with Crippen molar-refractivity contribution in [2.45, 2.75) is 57.7 Å². The van der Waals surface area contributed by atoms with Crippen molar-refractivity contribution in [3.05, 3.63) is 95.6 Å². The molecule has 0 N–H and O–H groups in total. The van der Waals surface area contributed by atoms with Crippen LogP contribution < -0.4 is 9.47 Å². The molecule has 0 aliphatic heterocycles. The summed E-state index contributed by atoms with van der Waals surface area (Å²) in [4.78, 5) is 0. The molecule has 38 heavy (non-hydrogen) atoms. The average molecular weight is 529 g/mol. The first kappa shape index (κ1) is 27.7. The summed E-state index contributed by atoms with van der Waals surface area (Å²) in [6.45, 7) is 6.33. The maximum atomic E-state index is 15.1. The first-order valence-electron chi connectivity index (χ1n) is 13.0. The van der Waals surface area contributed by atoms with Gasteiger partial charge in [-0.05, 0) is 73.8 Å². The lowest BCUT2D eigenvalue weighted by molar-refractivity contribution is 0.0325. The second-order valence-corrected chi connectivity index (χ2v) is 9.36. The summed E-state index contributed by atoms with van der Waals surface area (Å²) in [5, 5.41) is 0. The Morgan fingerprint density at radius 3 is 2.08 bits per heavy atom. The lowest BCUT2D eigenvalue weighted by Gasteiger charge is -2.29. The summed E-state index contributed by atoms with van der Waals surface area (Å²) in [5.41, 5.74) is 1.75. The summed E-state index contributed by atoms with van der Waals surface area (Å²) < 4.78 is 75.0. The van der Waals surface area contributed by atoms with Crippen molar-refractivity contribution >= 4 is 0 Å². The van der Waals surface area contributed by atoms with Crippen molar-refractivity contribution in [3.8, 4) is 22.6 Å². The van der Waals surface area contributed by atoms with Crippen LogP contribution in [-0.2, 0) is 11.3 Å². The minimum atomic E-state index is -1.14. The summed E-state index contributed by atoms with van der Waals surface area (Å²) in [6.07, 6.45) is 5.54. The highest BCUT2D eigenvalue weighted by molar-refractivity contribution is 5.65. The van der Waals surface area contributed by atoms with Crippen LogP contribution in [0.15, 0.2) is 61.2 Å². The summed E-state index contributed by atoms with van der Waals surface area (Å²) in [7, 11) is 0. The van der Waals surface area contributed by atoms with Crippen LogP contribution in [-0.4, -0.2) is 19.3 Å². The Morgan fingerprint density at radius 1 is 0.789 bits per heavy atom. The topological polar surface area (TPSA) is 27.7 Å². The third kappa shape index (κ3) is 6.38. The molecule has 1 aliphatic carbocycles. The van der Waals surface area contributed by atoms with Gasteiger partial charge in [0.25, 0.3) is 0 Å². The second-order valence-electron chi connectivity index (χ2n) is 9.36. The molecule has 1 aliphatic rings. The highest BCUT2D eigenvalue weighted by Crippen LogP contribution is 2.38. The van der Waals surface area contributed by atoms with Crippen molar-refractivity contribution in [3.63, 3.8) is 0 Å². The fourth-order valence-corrected chi connectivity index (χ4v) is 4.81. The molecule has 1 fully saturated rings. The van der Waals surface area contributed by atoms with E-state index in [1.54, 1.807) is 42.5 Å². The summed E-state index contributed by atoms with van der Waals surface area (Å²) in [6, 6.07) is 12.6. The Labute approximate surface area is 221 Å². The first-order valence-corrected chi connectivity index (χ1v) is 13.0. The van der Waals surface area contributed by atoms with E-state index in [4.69, 9.17) is 14.2 Å². The number of benzene rings is 3. The minimum absolute atomic E-state index is 0.0206. The molecule has 202 valence electrons. The minimum Gasteiger partial charge on any atom is -0.490 e.